The molecule has 0 saturated carbocycles. The van der Waals surface area contributed by atoms with Crippen molar-refractivity contribution in [1.29, 1.82) is 0 Å². The molecular formula is C14H28O2Si. The number of allylic oxidation sites excluding steroid dienone is 1. The smallest absolute Gasteiger partial charge is 0.147 e. The third kappa shape index (κ3) is 6.79. The van der Waals surface area contributed by atoms with Crippen LogP contribution in [-0.2, 0) is 9.53 Å². The lowest BCUT2D eigenvalue weighted by Gasteiger charge is -2.23. The first-order valence-electron chi connectivity index (χ1n) is 6.36. The minimum Gasteiger partial charge on any atom is -0.381 e. The summed E-state index contributed by atoms with van der Waals surface area (Å²) in [6, 6.07) is 1.15. The Morgan fingerprint density at radius 3 is 2.35 bits per heavy atom. The number of rotatable bonds is 8. The van der Waals surface area contributed by atoms with Crippen LogP contribution in [0.5, 0.6) is 0 Å². The van der Waals surface area contributed by atoms with Gasteiger partial charge in [-0.05, 0) is 19.9 Å². The van der Waals surface area contributed by atoms with E-state index in [-0.39, 0.29) is 11.7 Å². The van der Waals surface area contributed by atoms with Crippen molar-refractivity contribution < 1.29 is 9.53 Å². The number of carbonyl (C=O) groups excluding carboxylic acids is 1. The molecule has 0 spiro atoms. The summed E-state index contributed by atoms with van der Waals surface area (Å²) < 4.78 is 5.61. The zero-order valence-corrected chi connectivity index (χ0v) is 13.3. The average molecular weight is 256 g/mol. The van der Waals surface area contributed by atoms with Crippen molar-refractivity contribution in [1.82, 2.24) is 0 Å². The maximum Gasteiger partial charge on any atom is 0.147 e. The molecule has 1 atom stereocenters. The maximum absolute atomic E-state index is 12.0. The van der Waals surface area contributed by atoms with Gasteiger partial charge in [-0.25, -0.2) is 0 Å². The Kier molecular flexibility index (Phi) is 6.34. The molecule has 0 aliphatic rings. The van der Waals surface area contributed by atoms with Crippen LogP contribution < -0.4 is 0 Å². The van der Waals surface area contributed by atoms with Gasteiger partial charge in [0, 0.05) is 26.0 Å². The highest BCUT2D eigenvalue weighted by molar-refractivity contribution is 6.76. The Morgan fingerprint density at radius 2 is 1.94 bits per heavy atom. The van der Waals surface area contributed by atoms with Crippen LogP contribution >= 0.6 is 0 Å². The Bertz CT molecular complexity index is 264. The molecule has 0 aromatic heterocycles. The minimum atomic E-state index is -1.03. The summed E-state index contributed by atoms with van der Waals surface area (Å²) in [7, 11) is -1.03. The lowest BCUT2D eigenvalue weighted by molar-refractivity contribution is -0.130. The van der Waals surface area contributed by atoms with E-state index in [0.717, 1.165) is 12.7 Å². The first-order chi connectivity index (χ1) is 7.60. The van der Waals surface area contributed by atoms with Crippen LogP contribution in [0.3, 0.4) is 0 Å². The summed E-state index contributed by atoms with van der Waals surface area (Å²) in [4.78, 5) is 12.0. The van der Waals surface area contributed by atoms with Gasteiger partial charge in [-0.2, -0.15) is 0 Å². The van der Waals surface area contributed by atoms with E-state index in [4.69, 9.17) is 4.74 Å². The SMILES string of the molecule is C=CC(C)(C)C(=O)[C@H](C)COCC[Si](C)(C)C. The van der Waals surface area contributed by atoms with E-state index in [1.807, 2.05) is 20.8 Å². The van der Waals surface area contributed by atoms with Crippen LogP contribution in [0.1, 0.15) is 20.8 Å². The van der Waals surface area contributed by atoms with Crippen LogP contribution in [0.2, 0.25) is 25.7 Å². The number of hydrogen-bond donors (Lipinski definition) is 0. The fourth-order valence-corrected chi connectivity index (χ4v) is 2.21. The number of ketones is 1. The first kappa shape index (κ1) is 16.6. The second kappa shape index (κ2) is 6.50. The van der Waals surface area contributed by atoms with Crippen LogP contribution in [0.4, 0.5) is 0 Å². The monoisotopic (exact) mass is 256 g/mol. The molecule has 0 aliphatic heterocycles. The third-order valence-electron chi connectivity index (χ3n) is 2.96. The van der Waals surface area contributed by atoms with Gasteiger partial charge < -0.3 is 4.74 Å². The summed E-state index contributed by atoms with van der Waals surface area (Å²) in [5.41, 5.74) is -0.443. The van der Waals surface area contributed by atoms with Crippen LogP contribution in [0.15, 0.2) is 12.7 Å². The molecule has 0 aliphatic carbocycles. The lowest BCUT2D eigenvalue weighted by Crippen LogP contribution is -2.31. The van der Waals surface area contributed by atoms with Crippen molar-refractivity contribution in [3.05, 3.63) is 12.7 Å². The minimum absolute atomic E-state index is 0.0513. The van der Waals surface area contributed by atoms with Gasteiger partial charge in [-0.15, -0.1) is 6.58 Å². The van der Waals surface area contributed by atoms with Gasteiger partial charge >= 0.3 is 0 Å². The van der Waals surface area contributed by atoms with Crippen LogP contribution in [0.25, 0.3) is 0 Å². The van der Waals surface area contributed by atoms with Gasteiger partial charge in [-0.1, -0.05) is 32.6 Å². The summed E-state index contributed by atoms with van der Waals surface area (Å²) in [6.45, 7) is 17.7. The third-order valence-corrected chi connectivity index (χ3v) is 4.66. The molecule has 0 N–H and O–H groups in total. The molecule has 17 heavy (non-hydrogen) atoms. The van der Waals surface area contributed by atoms with Crippen molar-refractivity contribution >= 4 is 13.9 Å². The molecule has 0 bridgehead atoms. The normalized spacial score (nSPS) is 14.5. The van der Waals surface area contributed by atoms with Gasteiger partial charge in [0.1, 0.15) is 5.78 Å². The molecule has 0 heterocycles. The van der Waals surface area contributed by atoms with Crippen LogP contribution in [-0.4, -0.2) is 27.1 Å². The predicted octanol–water partition coefficient (Wildman–Crippen LogP) is 3.76. The van der Waals surface area contributed by atoms with E-state index in [0.29, 0.717) is 6.61 Å². The molecular weight excluding hydrogens is 228 g/mol. The van der Waals surface area contributed by atoms with Gasteiger partial charge in [-0.3, -0.25) is 4.79 Å². The predicted molar refractivity (Wildman–Crippen MR) is 77.1 cm³/mol. The van der Waals surface area contributed by atoms with Gasteiger partial charge in [0.15, 0.2) is 0 Å². The molecule has 0 amide bonds. The average Bonchev–Trinajstić information content (AvgIpc) is 2.21. The lowest BCUT2D eigenvalue weighted by atomic mass is 9.82. The topological polar surface area (TPSA) is 26.3 Å². The fourth-order valence-electron chi connectivity index (χ4n) is 1.45. The van der Waals surface area contributed by atoms with Gasteiger partial charge in [0.25, 0.3) is 0 Å². The zero-order chi connectivity index (χ0) is 13.7. The molecule has 0 fully saturated rings. The Labute approximate surface area is 107 Å². The number of Topliss-reactive ketones (excluding diaryl/α,β-unsaturated/α-hetero) is 1. The Morgan fingerprint density at radius 1 is 1.41 bits per heavy atom. The zero-order valence-electron chi connectivity index (χ0n) is 12.3. The second-order valence-corrected chi connectivity index (χ2v) is 12.2. The fraction of sp³-hybridized carbons (Fsp3) is 0.786. The summed E-state index contributed by atoms with van der Waals surface area (Å²) >= 11 is 0. The first-order valence-corrected chi connectivity index (χ1v) is 10.1. The molecule has 0 rings (SSSR count). The molecule has 0 unspecified atom stereocenters. The van der Waals surface area contributed by atoms with Gasteiger partial charge in [0.2, 0.25) is 0 Å². The van der Waals surface area contributed by atoms with E-state index in [9.17, 15) is 4.79 Å². The quantitative estimate of drug-likeness (QED) is 0.375. The van der Waals surface area contributed by atoms with Crippen molar-refractivity contribution in [3.63, 3.8) is 0 Å². The number of carbonyl (C=O) groups is 1. The largest absolute Gasteiger partial charge is 0.381 e. The van der Waals surface area contributed by atoms with Crippen molar-refractivity contribution in [2.75, 3.05) is 13.2 Å². The maximum atomic E-state index is 12.0. The standard InChI is InChI=1S/C14H28O2Si/c1-8-14(3,4)13(15)12(2)11-16-9-10-17(5,6)7/h8,12H,1,9-11H2,2-7H3/t12-/m1/s1. The second-order valence-electron chi connectivity index (χ2n) is 6.58. The van der Waals surface area contributed by atoms with E-state index in [1.54, 1.807) is 6.08 Å². The molecule has 0 aromatic rings. The number of ether oxygens (including phenoxy) is 1. The van der Waals surface area contributed by atoms with Crippen molar-refractivity contribution in [3.8, 4) is 0 Å². The van der Waals surface area contributed by atoms with Crippen molar-refractivity contribution in [2.24, 2.45) is 11.3 Å². The van der Waals surface area contributed by atoms with E-state index < -0.39 is 13.5 Å². The highest BCUT2D eigenvalue weighted by Crippen LogP contribution is 2.22. The van der Waals surface area contributed by atoms with Crippen molar-refractivity contribution in [2.45, 2.75) is 46.5 Å². The Hall–Kier alpha value is -0.413. The van der Waals surface area contributed by atoms with E-state index in [1.165, 1.54) is 0 Å². The molecule has 3 heteroatoms. The molecule has 100 valence electrons. The number of hydrogen-bond acceptors (Lipinski definition) is 2. The molecule has 0 saturated heterocycles. The molecule has 0 radical (unpaired) electrons. The van der Waals surface area contributed by atoms with E-state index in [2.05, 4.69) is 26.2 Å². The summed E-state index contributed by atoms with van der Waals surface area (Å²) in [5.74, 6) is 0.158. The van der Waals surface area contributed by atoms with Crippen LogP contribution in [0, 0.1) is 11.3 Å². The van der Waals surface area contributed by atoms with E-state index >= 15 is 0 Å². The van der Waals surface area contributed by atoms with Gasteiger partial charge in [0.05, 0.1) is 6.61 Å². The molecule has 2 nitrogen and oxygen atoms in total. The summed E-state index contributed by atoms with van der Waals surface area (Å²) in [6.07, 6.45) is 1.72. The molecule has 0 aromatic carbocycles. The highest BCUT2D eigenvalue weighted by Gasteiger charge is 2.28. The Balaban J connectivity index is 3.99. The summed E-state index contributed by atoms with van der Waals surface area (Å²) in [5, 5.41) is 0. The highest BCUT2D eigenvalue weighted by atomic mass is 28.3.